The van der Waals surface area contributed by atoms with Gasteiger partial charge in [0.15, 0.2) is 11.5 Å². The summed E-state index contributed by atoms with van der Waals surface area (Å²) in [4.78, 5) is 10.6. The van der Waals surface area contributed by atoms with Crippen LogP contribution in [0.2, 0.25) is 0 Å². The normalized spacial score (nSPS) is 11.2. The number of fused-ring (bicyclic) bond motifs is 1. The van der Waals surface area contributed by atoms with Crippen LogP contribution in [-0.2, 0) is 11.2 Å². The largest absolute Gasteiger partial charge is 0.481 e. The second kappa shape index (κ2) is 6.31. The highest BCUT2D eigenvalue weighted by atomic mass is 16.4. The quantitative estimate of drug-likeness (QED) is 0.798. The molecule has 0 atom stereocenters. The minimum Gasteiger partial charge on any atom is -0.481 e. The highest BCUT2D eigenvalue weighted by Crippen LogP contribution is 2.09. The molecule has 0 spiro atoms. The maximum absolute atomic E-state index is 10.6. The number of carboxylic acids is 1. The number of nitrogens with zero attached hydrogens (tertiary/aromatic N) is 4. The molecule has 0 fully saturated rings. The van der Waals surface area contributed by atoms with Crippen molar-refractivity contribution < 1.29 is 9.90 Å². The average molecular weight is 277 g/mol. The van der Waals surface area contributed by atoms with Gasteiger partial charge in [-0.15, -0.1) is 15.3 Å². The first-order valence-corrected chi connectivity index (χ1v) is 6.73. The molecule has 0 saturated heterocycles. The zero-order valence-corrected chi connectivity index (χ0v) is 11.7. The Morgan fingerprint density at radius 2 is 2.20 bits per heavy atom. The van der Waals surface area contributed by atoms with Gasteiger partial charge in [-0.1, -0.05) is 13.8 Å². The van der Waals surface area contributed by atoms with E-state index in [4.69, 9.17) is 5.11 Å². The Morgan fingerprint density at radius 3 is 2.90 bits per heavy atom. The van der Waals surface area contributed by atoms with Gasteiger partial charge in [0.05, 0.1) is 6.42 Å². The Morgan fingerprint density at radius 1 is 1.40 bits per heavy atom. The third kappa shape index (κ3) is 3.66. The predicted molar refractivity (Wildman–Crippen MR) is 74.7 cm³/mol. The first kappa shape index (κ1) is 14.2. The van der Waals surface area contributed by atoms with Crippen molar-refractivity contribution in [3.05, 3.63) is 18.0 Å². The zero-order chi connectivity index (χ0) is 14.5. The van der Waals surface area contributed by atoms with E-state index in [9.17, 15) is 4.79 Å². The summed E-state index contributed by atoms with van der Waals surface area (Å²) in [5, 5.41) is 24.3. The lowest BCUT2D eigenvalue weighted by molar-refractivity contribution is -0.137. The molecule has 2 aromatic heterocycles. The molecule has 7 nitrogen and oxygen atoms in total. The van der Waals surface area contributed by atoms with E-state index in [1.54, 1.807) is 4.52 Å². The Kier molecular flexibility index (Phi) is 4.49. The number of rotatable bonds is 7. The van der Waals surface area contributed by atoms with Gasteiger partial charge in [0.25, 0.3) is 0 Å². The molecule has 0 aromatic carbocycles. The molecule has 108 valence electrons. The molecular formula is C13H19N5O2. The van der Waals surface area contributed by atoms with Crippen molar-refractivity contribution in [2.24, 2.45) is 5.92 Å². The van der Waals surface area contributed by atoms with Crippen LogP contribution in [-0.4, -0.2) is 37.4 Å². The maximum atomic E-state index is 10.6. The molecule has 0 aliphatic rings. The lowest BCUT2D eigenvalue weighted by atomic mass is 10.1. The number of hydrogen-bond acceptors (Lipinski definition) is 5. The summed E-state index contributed by atoms with van der Waals surface area (Å²) in [6.45, 7) is 5.19. The number of aryl methyl sites for hydroxylation is 1. The van der Waals surface area contributed by atoms with Crippen molar-refractivity contribution in [2.45, 2.75) is 33.1 Å². The number of anilines is 1. The van der Waals surface area contributed by atoms with Gasteiger partial charge in [-0.3, -0.25) is 4.79 Å². The summed E-state index contributed by atoms with van der Waals surface area (Å²) in [5.74, 6) is 1.09. The monoisotopic (exact) mass is 277 g/mol. The fourth-order valence-corrected chi connectivity index (χ4v) is 1.79. The molecule has 2 N–H and O–H groups in total. The average Bonchev–Trinajstić information content (AvgIpc) is 2.78. The maximum Gasteiger partial charge on any atom is 0.303 e. The summed E-state index contributed by atoms with van der Waals surface area (Å²) < 4.78 is 1.60. The van der Waals surface area contributed by atoms with Crippen LogP contribution in [0.5, 0.6) is 0 Å². The first-order valence-electron chi connectivity index (χ1n) is 6.73. The van der Waals surface area contributed by atoms with Gasteiger partial charge in [-0.25, -0.2) is 0 Å². The molecule has 0 aliphatic heterocycles. The van der Waals surface area contributed by atoms with Crippen LogP contribution < -0.4 is 5.32 Å². The number of carbonyl (C=O) groups is 1. The molecule has 0 radical (unpaired) electrons. The van der Waals surface area contributed by atoms with Crippen molar-refractivity contribution in [1.29, 1.82) is 0 Å². The third-order valence-electron chi connectivity index (χ3n) is 2.92. The van der Waals surface area contributed by atoms with E-state index in [0.29, 0.717) is 23.8 Å². The van der Waals surface area contributed by atoms with Crippen molar-refractivity contribution in [3.63, 3.8) is 0 Å². The van der Waals surface area contributed by atoms with Gasteiger partial charge in [-0.2, -0.15) is 4.52 Å². The van der Waals surface area contributed by atoms with Crippen LogP contribution >= 0.6 is 0 Å². The number of aliphatic carboxylic acids is 1. The van der Waals surface area contributed by atoms with E-state index < -0.39 is 5.97 Å². The summed E-state index contributed by atoms with van der Waals surface area (Å²) in [6.07, 6.45) is 1.40. The molecule has 7 heteroatoms. The van der Waals surface area contributed by atoms with Crippen LogP contribution in [0, 0.1) is 5.92 Å². The van der Waals surface area contributed by atoms with E-state index in [1.165, 1.54) is 0 Å². The lowest BCUT2D eigenvalue weighted by Crippen LogP contribution is -2.09. The van der Waals surface area contributed by atoms with Crippen LogP contribution in [0.15, 0.2) is 12.1 Å². The third-order valence-corrected chi connectivity index (χ3v) is 2.92. The van der Waals surface area contributed by atoms with E-state index in [1.807, 2.05) is 12.1 Å². The molecule has 0 unspecified atom stereocenters. The Balaban J connectivity index is 2.10. The number of nitrogens with one attached hydrogen (secondary N) is 1. The van der Waals surface area contributed by atoms with Gasteiger partial charge in [0.1, 0.15) is 5.82 Å². The van der Waals surface area contributed by atoms with E-state index in [2.05, 4.69) is 34.5 Å². The van der Waals surface area contributed by atoms with Gasteiger partial charge in [0, 0.05) is 13.0 Å². The summed E-state index contributed by atoms with van der Waals surface area (Å²) in [7, 11) is 0. The SMILES string of the molecule is CC(C)CCNc1ccc2nnc(CCC(=O)O)n2n1. The second-order valence-corrected chi connectivity index (χ2v) is 5.11. The van der Waals surface area contributed by atoms with E-state index in [-0.39, 0.29) is 6.42 Å². The first-order chi connectivity index (χ1) is 9.56. The second-order valence-electron chi connectivity index (χ2n) is 5.11. The molecule has 2 rings (SSSR count). The zero-order valence-electron chi connectivity index (χ0n) is 11.7. The number of hydrogen-bond donors (Lipinski definition) is 2. The molecule has 0 bridgehead atoms. The molecular weight excluding hydrogens is 258 g/mol. The minimum absolute atomic E-state index is 0.0213. The van der Waals surface area contributed by atoms with Gasteiger partial charge < -0.3 is 10.4 Å². The molecule has 0 aliphatic carbocycles. The topological polar surface area (TPSA) is 92.4 Å². The summed E-state index contributed by atoms with van der Waals surface area (Å²) in [6, 6.07) is 3.67. The summed E-state index contributed by atoms with van der Waals surface area (Å²) >= 11 is 0. The Labute approximate surface area is 117 Å². The molecule has 0 saturated carbocycles. The van der Waals surface area contributed by atoms with Crippen LogP contribution in [0.1, 0.15) is 32.5 Å². The highest BCUT2D eigenvalue weighted by molar-refractivity contribution is 5.66. The van der Waals surface area contributed by atoms with Crippen LogP contribution in [0.3, 0.4) is 0 Å². The van der Waals surface area contributed by atoms with E-state index in [0.717, 1.165) is 18.8 Å². The highest BCUT2D eigenvalue weighted by Gasteiger charge is 2.09. The van der Waals surface area contributed by atoms with Crippen LogP contribution in [0.25, 0.3) is 5.65 Å². The summed E-state index contributed by atoms with van der Waals surface area (Å²) in [5.41, 5.74) is 0.625. The van der Waals surface area contributed by atoms with E-state index >= 15 is 0 Å². The number of carboxylic acid groups (broad SMARTS) is 1. The van der Waals surface area contributed by atoms with Crippen molar-refractivity contribution >= 4 is 17.4 Å². The van der Waals surface area contributed by atoms with Crippen LogP contribution in [0.4, 0.5) is 5.82 Å². The molecule has 0 amide bonds. The van der Waals surface area contributed by atoms with Gasteiger partial charge >= 0.3 is 5.97 Å². The molecule has 2 heterocycles. The molecule has 20 heavy (non-hydrogen) atoms. The van der Waals surface area contributed by atoms with Crippen molar-refractivity contribution in [2.75, 3.05) is 11.9 Å². The van der Waals surface area contributed by atoms with Gasteiger partial charge in [0.2, 0.25) is 0 Å². The Hall–Kier alpha value is -2.18. The minimum atomic E-state index is -0.854. The standard InChI is InChI=1S/C13H19N5O2/c1-9(2)7-8-14-10-3-4-11-15-16-12(18(11)17-10)5-6-13(19)20/h3-4,9H,5-8H2,1-2H3,(H,14,17)(H,19,20). The van der Waals surface area contributed by atoms with Crippen molar-refractivity contribution in [1.82, 2.24) is 19.8 Å². The predicted octanol–water partition coefficient (Wildman–Crippen LogP) is 1.60. The smallest absolute Gasteiger partial charge is 0.303 e. The van der Waals surface area contributed by atoms with Gasteiger partial charge in [-0.05, 0) is 24.5 Å². The Bertz CT molecular complexity index is 593. The van der Waals surface area contributed by atoms with Crippen molar-refractivity contribution in [3.8, 4) is 0 Å². The fourth-order valence-electron chi connectivity index (χ4n) is 1.79. The lowest BCUT2D eigenvalue weighted by Gasteiger charge is -2.07. The fraction of sp³-hybridized carbons (Fsp3) is 0.538. The molecule has 2 aromatic rings. The number of aromatic nitrogens is 4.